The third-order valence-corrected chi connectivity index (χ3v) is 3.94. The molecule has 1 heterocycles. The van der Waals surface area contributed by atoms with Crippen LogP contribution in [0.15, 0.2) is 0 Å². The van der Waals surface area contributed by atoms with Crippen molar-refractivity contribution in [3.8, 4) is 0 Å². The highest BCUT2D eigenvalue weighted by Crippen LogP contribution is 2.24. The van der Waals surface area contributed by atoms with Gasteiger partial charge in [0.1, 0.15) is 12.1 Å². The summed E-state index contributed by atoms with van der Waals surface area (Å²) in [6.07, 6.45) is 6.06. The highest BCUT2D eigenvalue weighted by molar-refractivity contribution is 6.08. The van der Waals surface area contributed by atoms with E-state index in [2.05, 4.69) is 17.6 Å². The number of nitrogens with zero attached hydrogens (tertiary/aromatic N) is 1. The Kier molecular flexibility index (Phi) is 6.59. The van der Waals surface area contributed by atoms with Crippen LogP contribution in [0, 0.1) is 0 Å². The Morgan fingerprint density at radius 2 is 1.78 bits per heavy atom. The van der Waals surface area contributed by atoms with Crippen molar-refractivity contribution in [1.82, 2.24) is 15.5 Å². The zero-order valence-corrected chi connectivity index (χ0v) is 15.1. The molecule has 0 unspecified atom stereocenters. The van der Waals surface area contributed by atoms with Gasteiger partial charge < -0.3 is 10.6 Å². The molecule has 1 aliphatic heterocycles. The topological polar surface area (TPSA) is 78.5 Å². The van der Waals surface area contributed by atoms with Crippen molar-refractivity contribution in [3.05, 3.63) is 0 Å². The van der Waals surface area contributed by atoms with E-state index in [1.165, 1.54) is 12.8 Å². The molecule has 0 aromatic carbocycles. The number of hydrogen-bond donors (Lipinski definition) is 2. The number of imide groups is 1. The first-order valence-electron chi connectivity index (χ1n) is 8.54. The predicted molar refractivity (Wildman–Crippen MR) is 89.9 cm³/mol. The summed E-state index contributed by atoms with van der Waals surface area (Å²) < 4.78 is 0. The number of rotatable bonds is 8. The average Bonchev–Trinajstić information content (AvgIpc) is 2.60. The van der Waals surface area contributed by atoms with Gasteiger partial charge in [0.2, 0.25) is 5.91 Å². The second-order valence-corrected chi connectivity index (χ2v) is 7.62. The lowest BCUT2D eigenvalue weighted by molar-refractivity contribution is -0.135. The van der Waals surface area contributed by atoms with Crippen LogP contribution in [0.3, 0.4) is 0 Å². The van der Waals surface area contributed by atoms with Crippen molar-refractivity contribution in [2.45, 2.75) is 84.2 Å². The Morgan fingerprint density at radius 3 is 2.35 bits per heavy atom. The molecule has 0 bridgehead atoms. The first-order chi connectivity index (χ1) is 10.6. The molecule has 0 saturated carbocycles. The summed E-state index contributed by atoms with van der Waals surface area (Å²) in [4.78, 5) is 37.6. The van der Waals surface area contributed by atoms with E-state index in [1.54, 1.807) is 6.92 Å². The first kappa shape index (κ1) is 19.5. The maximum absolute atomic E-state index is 12.5. The molecule has 6 nitrogen and oxygen atoms in total. The summed E-state index contributed by atoms with van der Waals surface area (Å²) in [6, 6.07) is -0.477. The third-order valence-electron chi connectivity index (χ3n) is 3.94. The molecule has 2 N–H and O–H groups in total. The summed E-state index contributed by atoms with van der Waals surface area (Å²) in [6.45, 7) is 9.25. The van der Waals surface area contributed by atoms with Crippen molar-refractivity contribution in [2.75, 3.05) is 6.54 Å². The van der Waals surface area contributed by atoms with E-state index in [4.69, 9.17) is 0 Å². The minimum absolute atomic E-state index is 0.229. The van der Waals surface area contributed by atoms with Gasteiger partial charge in [-0.3, -0.25) is 14.5 Å². The number of carbonyl (C=O) groups is 3. The largest absolute Gasteiger partial charge is 0.350 e. The SMILES string of the molecule is CCCCCCC[C@]1(C)NC(=O)N(CC(=O)NC(C)(C)C)C1=O. The van der Waals surface area contributed by atoms with Crippen LogP contribution in [0.1, 0.15) is 73.1 Å². The van der Waals surface area contributed by atoms with Gasteiger partial charge in [-0.1, -0.05) is 39.0 Å². The third kappa shape index (κ3) is 5.84. The molecule has 132 valence electrons. The minimum Gasteiger partial charge on any atom is -0.350 e. The van der Waals surface area contributed by atoms with Gasteiger partial charge in [0.25, 0.3) is 5.91 Å². The molecule has 0 radical (unpaired) electrons. The van der Waals surface area contributed by atoms with Crippen molar-refractivity contribution in [1.29, 1.82) is 0 Å². The molecule has 23 heavy (non-hydrogen) atoms. The molecule has 4 amide bonds. The van der Waals surface area contributed by atoms with E-state index in [9.17, 15) is 14.4 Å². The van der Waals surface area contributed by atoms with Crippen LogP contribution < -0.4 is 10.6 Å². The number of hydrogen-bond acceptors (Lipinski definition) is 3. The van der Waals surface area contributed by atoms with Crippen LogP contribution in [0.4, 0.5) is 4.79 Å². The van der Waals surface area contributed by atoms with E-state index in [-0.39, 0.29) is 23.9 Å². The summed E-state index contributed by atoms with van der Waals surface area (Å²) >= 11 is 0. The smallest absolute Gasteiger partial charge is 0.325 e. The quantitative estimate of drug-likeness (QED) is 0.532. The lowest BCUT2D eigenvalue weighted by atomic mass is 9.94. The van der Waals surface area contributed by atoms with E-state index in [0.717, 1.165) is 24.2 Å². The minimum atomic E-state index is -0.884. The van der Waals surface area contributed by atoms with Crippen molar-refractivity contribution < 1.29 is 14.4 Å². The lowest BCUT2D eigenvalue weighted by Crippen LogP contribution is -2.48. The molecule has 0 spiro atoms. The van der Waals surface area contributed by atoms with Crippen molar-refractivity contribution in [3.63, 3.8) is 0 Å². The Bertz CT molecular complexity index is 456. The predicted octanol–water partition coefficient (Wildman–Crippen LogP) is 2.57. The van der Waals surface area contributed by atoms with Crippen molar-refractivity contribution in [2.24, 2.45) is 0 Å². The van der Waals surface area contributed by atoms with Gasteiger partial charge in [0, 0.05) is 5.54 Å². The van der Waals surface area contributed by atoms with Gasteiger partial charge in [0.05, 0.1) is 0 Å². The number of unbranched alkanes of at least 4 members (excludes halogenated alkanes) is 4. The average molecular weight is 325 g/mol. The molecule has 0 aromatic heterocycles. The molecule has 1 atom stereocenters. The highest BCUT2D eigenvalue weighted by Gasteiger charge is 2.47. The molecule has 1 fully saturated rings. The summed E-state index contributed by atoms with van der Waals surface area (Å²) in [7, 11) is 0. The first-order valence-corrected chi connectivity index (χ1v) is 8.54. The summed E-state index contributed by atoms with van der Waals surface area (Å²) in [5, 5.41) is 5.51. The van der Waals surface area contributed by atoms with E-state index in [0.29, 0.717) is 6.42 Å². The van der Waals surface area contributed by atoms with Crippen LogP contribution in [0.2, 0.25) is 0 Å². The Balaban J connectivity index is 2.56. The van der Waals surface area contributed by atoms with Gasteiger partial charge in [-0.2, -0.15) is 0 Å². The molecular weight excluding hydrogens is 294 g/mol. The number of amides is 4. The second kappa shape index (κ2) is 7.79. The Labute approximate surface area is 139 Å². The van der Waals surface area contributed by atoms with Crippen LogP contribution in [-0.2, 0) is 9.59 Å². The van der Waals surface area contributed by atoms with Gasteiger partial charge >= 0.3 is 6.03 Å². The molecule has 6 heteroatoms. The fourth-order valence-corrected chi connectivity index (χ4v) is 2.74. The summed E-state index contributed by atoms with van der Waals surface area (Å²) in [5.74, 6) is -0.629. The Morgan fingerprint density at radius 1 is 1.17 bits per heavy atom. The zero-order valence-electron chi connectivity index (χ0n) is 15.1. The van der Waals surface area contributed by atoms with E-state index in [1.807, 2.05) is 20.8 Å². The van der Waals surface area contributed by atoms with Crippen LogP contribution in [0.5, 0.6) is 0 Å². The second-order valence-electron chi connectivity index (χ2n) is 7.62. The summed E-state index contributed by atoms with van der Waals surface area (Å²) in [5.41, 5.74) is -1.27. The fourth-order valence-electron chi connectivity index (χ4n) is 2.74. The standard InChI is InChI=1S/C17H31N3O3/c1-6-7-8-9-10-11-17(5)14(22)20(15(23)19-17)12-13(21)18-16(2,3)4/h6-12H2,1-5H3,(H,18,21)(H,19,23)/t17-/m0/s1. The molecule has 1 rings (SSSR count). The molecule has 0 aliphatic carbocycles. The monoisotopic (exact) mass is 325 g/mol. The van der Waals surface area contributed by atoms with Crippen molar-refractivity contribution >= 4 is 17.8 Å². The van der Waals surface area contributed by atoms with Gasteiger partial charge in [-0.15, -0.1) is 0 Å². The van der Waals surface area contributed by atoms with E-state index < -0.39 is 11.6 Å². The van der Waals surface area contributed by atoms with E-state index >= 15 is 0 Å². The van der Waals surface area contributed by atoms with Gasteiger partial charge in [-0.05, 0) is 34.1 Å². The number of nitrogens with one attached hydrogen (secondary N) is 2. The van der Waals surface area contributed by atoms with Gasteiger partial charge in [-0.25, -0.2) is 4.79 Å². The van der Waals surface area contributed by atoms with Gasteiger partial charge in [0.15, 0.2) is 0 Å². The van der Waals surface area contributed by atoms with Crippen LogP contribution >= 0.6 is 0 Å². The zero-order chi connectivity index (χ0) is 17.7. The number of carbonyl (C=O) groups excluding carboxylic acids is 3. The Hall–Kier alpha value is -1.59. The maximum atomic E-state index is 12.5. The molecule has 0 aromatic rings. The van der Waals surface area contributed by atoms with Crippen LogP contribution in [-0.4, -0.2) is 40.4 Å². The maximum Gasteiger partial charge on any atom is 0.325 e. The van der Waals surface area contributed by atoms with Crippen LogP contribution in [0.25, 0.3) is 0 Å². The fraction of sp³-hybridized carbons (Fsp3) is 0.824. The molecular formula is C17H31N3O3. The lowest BCUT2D eigenvalue weighted by Gasteiger charge is -2.23. The molecule has 1 aliphatic rings. The number of urea groups is 1. The highest BCUT2D eigenvalue weighted by atomic mass is 16.2. The normalized spacial score (nSPS) is 21.5. The molecule has 1 saturated heterocycles.